The van der Waals surface area contributed by atoms with Gasteiger partial charge in [0.25, 0.3) is 0 Å². The summed E-state index contributed by atoms with van der Waals surface area (Å²) in [5.41, 5.74) is 2.79. The molecule has 0 spiro atoms. The van der Waals surface area contributed by atoms with Gasteiger partial charge in [0.2, 0.25) is 0 Å². The van der Waals surface area contributed by atoms with Crippen LogP contribution < -0.4 is 14.8 Å². The molecule has 0 atom stereocenters. The van der Waals surface area contributed by atoms with E-state index in [9.17, 15) is 4.79 Å². The van der Waals surface area contributed by atoms with Crippen LogP contribution in [0.3, 0.4) is 0 Å². The number of aryl methyl sites for hydroxylation is 1. The summed E-state index contributed by atoms with van der Waals surface area (Å²) >= 11 is 0. The van der Waals surface area contributed by atoms with E-state index in [1.165, 1.54) is 6.33 Å². The predicted octanol–water partition coefficient (Wildman–Crippen LogP) is 8.55. The molecule has 45 heavy (non-hydrogen) atoms. The zero-order chi connectivity index (χ0) is 32.6. The second-order valence-electron chi connectivity index (χ2n) is 12.6. The first-order valence-electron chi connectivity index (χ1n) is 15.0. The number of aromatic nitrogens is 3. The third kappa shape index (κ3) is 8.79. The SMILES string of the molecule is CCOC.Cc1cc2c(F)c(Nc3ncnc4cc(OCc5ccccc5)c(OCC(C)(C)CC(C)(C)C=O)cc34)ccc2[nH]1. The van der Waals surface area contributed by atoms with Crippen molar-refractivity contribution in [3.63, 3.8) is 0 Å². The quantitative estimate of drug-likeness (QED) is 0.136. The first kappa shape index (κ1) is 33.4. The lowest BCUT2D eigenvalue weighted by molar-refractivity contribution is -0.116. The number of H-pyrrole nitrogens is 1. The van der Waals surface area contributed by atoms with Gasteiger partial charge >= 0.3 is 0 Å². The Morgan fingerprint density at radius 3 is 2.36 bits per heavy atom. The first-order chi connectivity index (χ1) is 21.4. The topological polar surface area (TPSA) is 98.4 Å². The molecule has 0 amide bonds. The van der Waals surface area contributed by atoms with Crippen LogP contribution in [0.1, 0.15) is 52.3 Å². The minimum Gasteiger partial charge on any atom is -0.489 e. The van der Waals surface area contributed by atoms with Gasteiger partial charge in [0.1, 0.15) is 25.0 Å². The molecule has 2 aromatic heterocycles. The zero-order valence-electron chi connectivity index (χ0n) is 27.2. The van der Waals surface area contributed by atoms with E-state index < -0.39 is 5.41 Å². The molecule has 0 saturated heterocycles. The molecule has 0 radical (unpaired) electrons. The number of ether oxygens (including phenoxy) is 3. The van der Waals surface area contributed by atoms with E-state index in [1.807, 2.05) is 76.2 Å². The van der Waals surface area contributed by atoms with Crippen molar-refractivity contribution in [3.8, 4) is 11.5 Å². The molecule has 5 rings (SSSR count). The predicted molar refractivity (Wildman–Crippen MR) is 178 cm³/mol. The summed E-state index contributed by atoms with van der Waals surface area (Å²) in [6, 6.07) is 18.8. The first-order valence-corrected chi connectivity index (χ1v) is 15.0. The monoisotopic (exact) mass is 614 g/mol. The number of nitrogens with one attached hydrogen (secondary N) is 2. The fourth-order valence-electron chi connectivity index (χ4n) is 5.26. The molecule has 2 N–H and O–H groups in total. The Morgan fingerprint density at radius 1 is 0.956 bits per heavy atom. The van der Waals surface area contributed by atoms with Crippen molar-refractivity contribution in [2.75, 3.05) is 25.6 Å². The number of aldehydes is 1. The molecular weight excluding hydrogens is 571 g/mol. The minimum atomic E-state index is -0.475. The Kier molecular flexibility index (Phi) is 10.8. The van der Waals surface area contributed by atoms with Gasteiger partial charge in [-0.05, 0) is 55.5 Å². The number of halogens is 1. The van der Waals surface area contributed by atoms with Crippen molar-refractivity contribution in [2.24, 2.45) is 10.8 Å². The summed E-state index contributed by atoms with van der Waals surface area (Å²) < 4.78 is 32.5. The van der Waals surface area contributed by atoms with Crippen LogP contribution in [-0.2, 0) is 16.1 Å². The van der Waals surface area contributed by atoms with Gasteiger partial charge in [-0.1, -0.05) is 58.0 Å². The summed E-state index contributed by atoms with van der Waals surface area (Å²) in [6.07, 6.45) is 3.07. The molecule has 0 aliphatic rings. The van der Waals surface area contributed by atoms with Crippen LogP contribution in [0.15, 0.2) is 67.0 Å². The van der Waals surface area contributed by atoms with Crippen molar-refractivity contribution in [1.29, 1.82) is 0 Å². The normalized spacial score (nSPS) is 11.6. The summed E-state index contributed by atoms with van der Waals surface area (Å²) in [7, 11) is 1.68. The van der Waals surface area contributed by atoms with E-state index in [2.05, 4.69) is 38.9 Å². The van der Waals surface area contributed by atoms with Gasteiger partial charge in [-0.15, -0.1) is 0 Å². The second kappa shape index (κ2) is 14.5. The molecular formula is C36H43FN4O4. The molecule has 5 aromatic rings. The Bertz CT molecular complexity index is 1730. The third-order valence-corrected chi connectivity index (χ3v) is 7.22. The molecule has 0 saturated carbocycles. The summed E-state index contributed by atoms with van der Waals surface area (Å²) in [4.78, 5) is 23.6. The highest BCUT2D eigenvalue weighted by molar-refractivity contribution is 5.94. The number of rotatable bonds is 12. The molecule has 9 heteroatoms. The maximum Gasteiger partial charge on any atom is 0.163 e. The van der Waals surface area contributed by atoms with Gasteiger partial charge in [-0.25, -0.2) is 14.4 Å². The van der Waals surface area contributed by atoms with Crippen LogP contribution in [0.4, 0.5) is 15.9 Å². The average molecular weight is 615 g/mol. The number of hydrogen-bond acceptors (Lipinski definition) is 7. The van der Waals surface area contributed by atoms with E-state index in [0.717, 1.165) is 29.7 Å². The molecule has 0 aliphatic heterocycles. The number of aromatic amines is 1. The lowest BCUT2D eigenvalue weighted by Crippen LogP contribution is -2.29. The number of nitrogens with zero attached hydrogens (tertiary/aromatic N) is 2. The standard InChI is InChI=1S/C33H35FN4O3.C3H8O/c1-21-13-23-25(37-21)11-12-26(30(23)34)38-31-24-14-28(41-19-33(4,5)17-32(2,3)18-39)29(15-27(24)35-20-36-31)40-16-22-9-7-6-8-10-22;1-3-4-2/h6-15,18,20,37H,16-17,19H2,1-5H3,(H,35,36,38);3H2,1-2H3. The molecule has 8 nitrogen and oxygen atoms in total. The van der Waals surface area contributed by atoms with Gasteiger partial charge in [-0.2, -0.15) is 0 Å². The molecule has 0 fully saturated rings. The lowest BCUT2D eigenvalue weighted by Gasteiger charge is -2.31. The van der Waals surface area contributed by atoms with Crippen LogP contribution in [0, 0.1) is 23.6 Å². The Balaban J connectivity index is 0.00000109. The van der Waals surface area contributed by atoms with Crippen molar-refractivity contribution < 1.29 is 23.4 Å². The Labute approximate surface area is 264 Å². The average Bonchev–Trinajstić information content (AvgIpc) is 3.41. The molecule has 3 aromatic carbocycles. The number of carbonyl (C=O) groups is 1. The van der Waals surface area contributed by atoms with Crippen molar-refractivity contribution in [3.05, 3.63) is 84.1 Å². The van der Waals surface area contributed by atoms with Crippen LogP contribution in [0.5, 0.6) is 11.5 Å². The lowest BCUT2D eigenvalue weighted by atomic mass is 9.76. The van der Waals surface area contributed by atoms with Crippen molar-refractivity contribution >= 4 is 39.6 Å². The fraction of sp³-hybridized carbons (Fsp3) is 0.361. The van der Waals surface area contributed by atoms with Crippen molar-refractivity contribution in [2.45, 2.75) is 54.6 Å². The summed E-state index contributed by atoms with van der Waals surface area (Å²) in [5, 5.41) is 4.32. The molecule has 2 heterocycles. The van der Waals surface area contributed by atoms with Gasteiger partial charge in [-0.3, -0.25) is 0 Å². The van der Waals surface area contributed by atoms with E-state index in [1.54, 1.807) is 19.2 Å². The van der Waals surface area contributed by atoms with E-state index in [-0.39, 0.29) is 11.2 Å². The van der Waals surface area contributed by atoms with E-state index in [4.69, 9.17) is 9.47 Å². The van der Waals surface area contributed by atoms with Crippen LogP contribution in [-0.4, -0.2) is 41.6 Å². The van der Waals surface area contributed by atoms with Gasteiger partial charge in [0, 0.05) is 47.2 Å². The molecule has 0 unspecified atom stereocenters. The number of anilines is 2. The highest BCUT2D eigenvalue weighted by Gasteiger charge is 2.30. The van der Waals surface area contributed by atoms with Crippen LogP contribution >= 0.6 is 0 Å². The fourth-order valence-corrected chi connectivity index (χ4v) is 5.26. The number of fused-ring (bicyclic) bond motifs is 2. The number of hydrogen-bond donors (Lipinski definition) is 2. The van der Waals surface area contributed by atoms with Crippen LogP contribution in [0.25, 0.3) is 21.8 Å². The van der Waals surface area contributed by atoms with Crippen molar-refractivity contribution in [1.82, 2.24) is 15.0 Å². The summed E-state index contributed by atoms with van der Waals surface area (Å²) in [6.45, 7) is 13.4. The highest BCUT2D eigenvalue weighted by atomic mass is 19.1. The summed E-state index contributed by atoms with van der Waals surface area (Å²) in [5.74, 6) is 1.13. The zero-order valence-corrected chi connectivity index (χ0v) is 27.2. The van der Waals surface area contributed by atoms with Gasteiger partial charge in [0.15, 0.2) is 17.3 Å². The van der Waals surface area contributed by atoms with Gasteiger partial charge in [0.05, 0.1) is 17.8 Å². The van der Waals surface area contributed by atoms with E-state index in [0.29, 0.717) is 58.9 Å². The van der Waals surface area contributed by atoms with Gasteiger partial charge < -0.3 is 29.3 Å². The Morgan fingerprint density at radius 2 is 1.67 bits per heavy atom. The molecule has 0 aliphatic carbocycles. The number of carbonyl (C=O) groups excluding carboxylic acids is 1. The molecule has 238 valence electrons. The number of methoxy groups -OCH3 is 1. The minimum absolute atomic E-state index is 0.294. The smallest absolute Gasteiger partial charge is 0.163 e. The number of benzene rings is 3. The largest absolute Gasteiger partial charge is 0.489 e. The highest BCUT2D eigenvalue weighted by Crippen LogP contribution is 2.39. The Hall–Kier alpha value is -4.50. The van der Waals surface area contributed by atoms with Crippen LogP contribution in [0.2, 0.25) is 0 Å². The maximum absolute atomic E-state index is 15.4. The van der Waals surface area contributed by atoms with E-state index >= 15 is 4.39 Å². The molecule has 0 bridgehead atoms. The maximum atomic E-state index is 15.4. The third-order valence-electron chi connectivity index (χ3n) is 7.22. The second-order valence-corrected chi connectivity index (χ2v) is 12.6.